The minimum atomic E-state index is 0.100. The molecule has 0 N–H and O–H groups in total. The van der Waals surface area contributed by atoms with Crippen molar-refractivity contribution in [1.82, 2.24) is 4.90 Å². The Kier molecular flexibility index (Phi) is 3.75. The Morgan fingerprint density at radius 2 is 2.08 bits per heavy atom. The van der Waals surface area contributed by atoms with Gasteiger partial charge in [-0.25, -0.2) is 0 Å². The summed E-state index contributed by atoms with van der Waals surface area (Å²) in [6, 6.07) is 6.42. The van der Waals surface area contributed by atoms with E-state index in [1.807, 2.05) is 13.2 Å². The lowest BCUT2D eigenvalue weighted by molar-refractivity contribution is -0.0942. The molecule has 1 spiro atoms. The van der Waals surface area contributed by atoms with Crippen LogP contribution in [-0.2, 0) is 10.2 Å². The third-order valence-electron chi connectivity index (χ3n) is 7.15. The fourth-order valence-corrected chi connectivity index (χ4v) is 5.74. The minimum absolute atomic E-state index is 0.100. The molecule has 2 aliphatic carbocycles. The highest BCUT2D eigenvalue weighted by Gasteiger charge is 2.61. The van der Waals surface area contributed by atoms with Crippen LogP contribution in [0, 0.1) is 11.8 Å². The number of methoxy groups -OCH3 is 2. The molecule has 4 atom stereocenters. The molecule has 1 aromatic carbocycles. The SMILES string of the molecule is COc1cccc2c1OC1C(OC)CCC3CN(CC4CC4)CCC231. The molecule has 25 heavy (non-hydrogen) atoms. The van der Waals surface area contributed by atoms with E-state index in [9.17, 15) is 0 Å². The lowest BCUT2D eigenvalue weighted by atomic mass is 9.57. The first-order valence-electron chi connectivity index (χ1n) is 9.85. The van der Waals surface area contributed by atoms with Gasteiger partial charge in [0.15, 0.2) is 11.5 Å². The molecule has 0 radical (unpaired) electrons. The summed E-state index contributed by atoms with van der Waals surface area (Å²) in [6.45, 7) is 3.69. The fraction of sp³-hybridized carbons (Fsp3) is 0.714. The number of rotatable bonds is 4. The van der Waals surface area contributed by atoms with Gasteiger partial charge in [0.25, 0.3) is 0 Å². The van der Waals surface area contributed by atoms with Crippen molar-refractivity contribution < 1.29 is 14.2 Å². The van der Waals surface area contributed by atoms with Crippen LogP contribution < -0.4 is 9.47 Å². The van der Waals surface area contributed by atoms with Gasteiger partial charge in [0.1, 0.15) is 6.10 Å². The molecule has 1 saturated heterocycles. The standard InChI is InChI=1S/C21H29NO3/c1-23-17-5-3-4-16-19(17)25-20-18(24-2)9-8-15-13-22(12-14-6-7-14)11-10-21(15,16)20/h3-5,14-15,18,20H,6-13H2,1-2H3. The predicted octanol–water partition coefficient (Wildman–Crippen LogP) is 3.23. The van der Waals surface area contributed by atoms with E-state index in [2.05, 4.69) is 17.0 Å². The van der Waals surface area contributed by atoms with Crippen LogP contribution >= 0.6 is 0 Å². The maximum Gasteiger partial charge on any atom is 0.165 e. The number of likely N-dealkylation sites (tertiary alicyclic amines) is 1. The molecule has 1 aromatic rings. The summed E-state index contributed by atoms with van der Waals surface area (Å²) in [5.74, 6) is 3.46. The van der Waals surface area contributed by atoms with Crippen LogP contribution in [0.5, 0.6) is 11.5 Å². The van der Waals surface area contributed by atoms with Gasteiger partial charge >= 0.3 is 0 Å². The molecule has 2 aliphatic heterocycles. The Balaban J connectivity index is 1.53. The van der Waals surface area contributed by atoms with Crippen molar-refractivity contribution in [2.75, 3.05) is 33.9 Å². The largest absolute Gasteiger partial charge is 0.493 e. The number of para-hydroxylation sites is 1. The van der Waals surface area contributed by atoms with Crippen molar-refractivity contribution in [3.05, 3.63) is 23.8 Å². The van der Waals surface area contributed by atoms with Gasteiger partial charge in [-0.1, -0.05) is 12.1 Å². The lowest BCUT2D eigenvalue weighted by Gasteiger charge is -2.53. The van der Waals surface area contributed by atoms with Gasteiger partial charge in [-0.2, -0.15) is 0 Å². The van der Waals surface area contributed by atoms with Crippen molar-refractivity contribution in [3.8, 4) is 11.5 Å². The van der Waals surface area contributed by atoms with Crippen LogP contribution in [-0.4, -0.2) is 51.0 Å². The molecular weight excluding hydrogens is 314 g/mol. The normalized spacial score (nSPS) is 37.0. The smallest absolute Gasteiger partial charge is 0.165 e. The van der Waals surface area contributed by atoms with Crippen molar-refractivity contribution >= 4 is 0 Å². The van der Waals surface area contributed by atoms with E-state index in [1.54, 1.807) is 7.11 Å². The highest BCUT2D eigenvalue weighted by Crippen LogP contribution is 2.59. The number of benzene rings is 1. The quantitative estimate of drug-likeness (QED) is 0.840. The van der Waals surface area contributed by atoms with E-state index >= 15 is 0 Å². The van der Waals surface area contributed by atoms with Crippen LogP contribution in [0.2, 0.25) is 0 Å². The van der Waals surface area contributed by atoms with Crippen molar-refractivity contribution in [3.63, 3.8) is 0 Å². The summed E-state index contributed by atoms with van der Waals surface area (Å²) in [5.41, 5.74) is 1.47. The zero-order chi connectivity index (χ0) is 17.0. The average Bonchev–Trinajstić information content (AvgIpc) is 3.39. The first-order chi connectivity index (χ1) is 12.3. The second-order valence-electron chi connectivity index (χ2n) is 8.42. The van der Waals surface area contributed by atoms with Gasteiger partial charge in [-0.05, 0) is 56.6 Å². The Morgan fingerprint density at radius 3 is 2.84 bits per heavy atom. The average molecular weight is 343 g/mol. The zero-order valence-electron chi connectivity index (χ0n) is 15.4. The van der Waals surface area contributed by atoms with E-state index in [0.717, 1.165) is 23.8 Å². The molecule has 2 heterocycles. The molecule has 4 nitrogen and oxygen atoms in total. The van der Waals surface area contributed by atoms with Gasteiger partial charge in [-0.15, -0.1) is 0 Å². The molecule has 0 bridgehead atoms. The maximum absolute atomic E-state index is 6.56. The molecule has 3 fully saturated rings. The predicted molar refractivity (Wildman–Crippen MR) is 96.4 cm³/mol. The number of nitrogens with zero attached hydrogens (tertiary/aromatic N) is 1. The van der Waals surface area contributed by atoms with Gasteiger partial charge in [0, 0.05) is 31.2 Å². The molecule has 2 saturated carbocycles. The first-order valence-corrected chi connectivity index (χ1v) is 9.85. The third kappa shape index (κ3) is 2.33. The summed E-state index contributed by atoms with van der Waals surface area (Å²) in [6.07, 6.45) is 6.69. The third-order valence-corrected chi connectivity index (χ3v) is 7.15. The second kappa shape index (κ2) is 5.88. The lowest BCUT2D eigenvalue weighted by Crippen LogP contribution is -2.61. The Morgan fingerprint density at radius 1 is 1.20 bits per heavy atom. The Labute approximate surface area is 150 Å². The van der Waals surface area contributed by atoms with Crippen LogP contribution in [0.4, 0.5) is 0 Å². The highest BCUT2D eigenvalue weighted by atomic mass is 16.6. The summed E-state index contributed by atoms with van der Waals surface area (Å²) in [5, 5.41) is 0. The second-order valence-corrected chi connectivity index (χ2v) is 8.42. The molecule has 136 valence electrons. The monoisotopic (exact) mass is 343 g/mol. The van der Waals surface area contributed by atoms with Crippen LogP contribution in [0.25, 0.3) is 0 Å². The zero-order valence-corrected chi connectivity index (χ0v) is 15.4. The van der Waals surface area contributed by atoms with E-state index in [1.165, 1.54) is 50.9 Å². The van der Waals surface area contributed by atoms with Gasteiger partial charge in [0.05, 0.1) is 13.2 Å². The summed E-state index contributed by atoms with van der Waals surface area (Å²) < 4.78 is 18.0. The first kappa shape index (κ1) is 16.0. The van der Waals surface area contributed by atoms with Crippen LogP contribution in [0.15, 0.2) is 18.2 Å². The maximum atomic E-state index is 6.56. The van der Waals surface area contributed by atoms with Crippen LogP contribution in [0.3, 0.4) is 0 Å². The topological polar surface area (TPSA) is 30.9 Å². The summed E-state index contributed by atoms with van der Waals surface area (Å²) in [4.78, 5) is 2.72. The van der Waals surface area contributed by atoms with E-state index in [-0.39, 0.29) is 17.6 Å². The molecule has 4 heteroatoms. The molecule has 4 aliphatic rings. The number of piperidine rings is 1. The van der Waals surface area contributed by atoms with Crippen molar-refractivity contribution in [2.45, 2.75) is 49.7 Å². The molecule has 5 rings (SSSR count). The molecule has 0 aromatic heterocycles. The van der Waals surface area contributed by atoms with Gasteiger partial charge in [0.2, 0.25) is 0 Å². The van der Waals surface area contributed by atoms with Gasteiger partial charge in [-0.3, -0.25) is 0 Å². The van der Waals surface area contributed by atoms with Gasteiger partial charge < -0.3 is 19.1 Å². The van der Waals surface area contributed by atoms with Crippen LogP contribution in [0.1, 0.15) is 37.7 Å². The minimum Gasteiger partial charge on any atom is -0.493 e. The number of hydrogen-bond donors (Lipinski definition) is 0. The van der Waals surface area contributed by atoms with E-state index in [4.69, 9.17) is 14.2 Å². The highest BCUT2D eigenvalue weighted by molar-refractivity contribution is 5.55. The number of fused-ring (bicyclic) bond motifs is 1. The van der Waals surface area contributed by atoms with Crippen molar-refractivity contribution in [2.24, 2.45) is 11.8 Å². The van der Waals surface area contributed by atoms with E-state index < -0.39 is 0 Å². The number of hydrogen-bond acceptors (Lipinski definition) is 4. The van der Waals surface area contributed by atoms with E-state index in [0.29, 0.717) is 5.92 Å². The molecule has 0 amide bonds. The van der Waals surface area contributed by atoms with Crippen molar-refractivity contribution in [1.29, 1.82) is 0 Å². The number of ether oxygens (including phenoxy) is 3. The molecule has 4 unspecified atom stereocenters. The summed E-state index contributed by atoms with van der Waals surface area (Å²) >= 11 is 0. The fourth-order valence-electron chi connectivity index (χ4n) is 5.74. The summed E-state index contributed by atoms with van der Waals surface area (Å²) in [7, 11) is 3.58. The Hall–Kier alpha value is -1.26. The molecular formula is C21H29NO3. The Bertz CT molecular complexity index is 659.